The summed E-state index contributed by atoms with van der Waals surface area (Å²) in [6.45, 7) is 2.27. The van der Waals surface area contributed by atoms with E-state index in [2.05, 4.69) is 26.8 Å². The van der Waals surface area contributed by atoms with Crippen LogP contribution in [-0.4, -0.2) is 24.3 Å². The minimum Gasteiger partial charge on any atom is -0.312 e. The Kier molecular flexibility index (Phi) is 4.39. The van der Waals surface area contributed by atoms with Crippen LogP contribution < -0.4 is 15.8 Å². The number of hydrogen-bond donors (Lipinski definition) is 2. The van der Waals surface area contributed by atoms with Crippen molar-refractivity contribution in [3.8, 4) is 0 Å². The average Bonchev–Trinajstić information content (AvgIpc) is 3.30. The highest BCUT2D eigenvalue weighted by Crippen LogP contribution is 2.29. The third-order valence-corrected chi connectivity index (χ3v) is 5.10. The molecule has 0 radical (unpaired) electrons. The van der Waals surface area contributed by atoms with Gasteiger partial charge in [-0.25, -0.2) is 0 Å². The standard InChI is InChI=1S/C16H18BrN3O3/c1-9-6-12(4-5-13(9)17)20-8-11(7-14(20)21)16(23)19-18-15(22)10-2-3-10/h4-6,10-11H,2-3,7-8H2,1H3,(H,18,22)(H,19,23)/t11-/m0/s1. The zero-order valence-corrected chi connectivity index (χ0v) is 14.4. The molecule has 1 aliphatic carbocycles. The van der Waals surface area contributed by atoms with Crippen molar-refractivity contribution in [2.45, 2.75) is 26.2 Å². The summed E-state index contributed by atoms with van der Waals surface area (Å²) in [5.41, 5.74) is 6.68. The van der Waals surface area contributed by atoms with Gasteiger partial charge in [0.05, 0.1) is 5.92 Å². The molecule has 122 valence electrons. The van der Waals surface area contributed by atoms with Gasteiger partial charge in [0.15, 0.2) is 0 Å². The van der Waals surface area contributed by atoms with Gasteiger partial charge in [-0.2, -0.15) is 0 Å². The number of nitrogens with one attached hydrogen (secondary N) is 2. The molecule has 1 aromatic rings. The van der Waals surface area contributed by atoms with Gasteiger partial charge in [0.25, 0.3) is 0 Å². The number of halogens is 1. The molecule has 2 fully saturated rings. The van der Waals surface area contributed by atoms with Crippen molar-refractivity contribution in [1.82, 2.24) is 10.9 Å². The Bertz CT molecular complexity index is 673. The summed E-state index contributed by atoms with van der Waals surface area (Å²) in [5, 5.41) is 0. The third kappa shape index (κ3) is 3.55. The molecule has 1 heterocycles. The fourth-order valence-corrected chi connectivity index (χ4v) is 2.85. The van der Waals surface area contributed by atoms with Crippen LogP contribution in [-0.2, 0) is 14.4 Å². The van der Waals surface area contributed by atoms with E-state index in [-0.39, 0.29) is 30.1 Å². The first-order valence-electron chi connectivity index (χ1n) is 7.62. The summed E-state index contributed by atoms with van der Waals surface area (Å²) in [7, 11) is 0. The van der Waals surface area contributed by atoms with Gasteiger partial charge in [-0.15, -0.1) is 0 Å². The summed E-state index contributed by atoms with van der Waals surface area (Å²) < 4.78 is 0.977. The van der Waals surface area contributed by atoms with Crippen molar-refractivity contribution in [1.29, 1.82) is 0 Å². The molecule has 0 spiro atoms. The highest BCUT2D eigenvalue weighted by atomic mass is 79.9. The van der Waals surface area contributed by atoms with Gasteiger partial charge in [0.1, 0.15) is 0 Å². The van der Waals surface area contributed by atoms with E-state index in [1.807, 2.05) is 25.1 Å². The number of amides is 3. The molecule has 7 heteroatoms. The van der Waals surface area contributed by atoms with Crippen molar-refractivity contribution in [2.75, 3.05) is 11.4 Å². The smallest absolute Gasteiger partial charge is 0.243 e. The Balaban J connectivity index is 1.60. The van der Waals surface area contributed by atoms with Crippen LogP contribution in [0, 0.1) is 18.8 Å². The number of rotatable bonds is 3. The van der Waals surface area contributed by atoms with Crippen LogP contribution in [0.5, 0.6) is 0 Å². The molecule has 6 nitrogen and oxygen atoms in total. The lowest BCUT2D eigenvalue weighted by atomic mass is 10.1. The number of hydrogen-bond acceptors (Lipinski definition) is 3. The number of carbonyl (C=O) groups is 3. The zero-order chi connectivity index (χ0) is 16.6. The van der Waals surface area contributed by atoms with Crippen LogP contribution in [0.25, 0.3) is 0 Å². The molecular formula is C16H18BrN3O3. The Morgan fingerprint density at radius 2 is 1.83 bits per heavy atom. The number of benzene rings is 1. The van der Waals surface area contributed by atoms with Crippen LogP contribution >= 0.6 is 15.9 Å². The maximum Gasteiger partial charge on any atom is 0.243 e. The number of nitrogens with zero attached hydrogens (tertiary/aromatic N) is 1. The Morgan fingerprint density at radius 1 is 1.17 bits per heavy atom. The normalized spacial score (nSPS) is 20.5. The van der Waals surface area contributed by atoms with Gasteiger partial charge < -0.3 is 4.90 Å². The maximum absolute atomic E-state index is 12.2. The molecule has 1 saturated heterocycles. The van der Waals surface area contributed by atoms with E-state index in [1.54, 1.807) is 4.90 Å². The van der Waals surface area contributed by atoms with E-state index in [1.165, 1.54) is 0 Å². The molecule has 3 amide bonds. The lowest BCUT2D eigenvalue weighted by Crippen LogP contribution is -2.45. The molecular weight excluding hydrogens is 362 g/mol. The number of hydrazine groups is 1. The van der Waals surface area contributed by atoms with Crippen molar-refractivity contribution in [3.05, 3.63) is 28.2 Å². The van der Waals surface area contributed by atoms with E-state index in [9.17, 15) is 14.4 Å². The fraction of sp³-hybridized carbons (Fsp3) is 0.438. The van der Waals surface area contributed by atoms with Crippen LogP contribution in [0.15, 0.2) is 22.7 Å². The first-order valence-corrected chi connectivity index (χ1v) is 8.41. The van der Waals surface area contributed by atoms with Crippen LogP contribution in [0.1, 0.15) is 24.8 Å². The highest BCUT2D eigenvalue weighted by molar-refractivity contribution is 9.10. The zero-order valence-electron chi connectivity index (χ0n) is 12.8. The van der Waals surface area contributed by atoms with Crippen molar-refractivity contribution < 1.29 is 14.4 Å². The van der Waals surface area contributed by atoms with Crippen molar-refractivity contribution in [2.24, 2.45) is 11.8 Å². The van der Waals surface area contributed by atoms with Crippen LogP contribution in [0.4, 0.5) is 5.69 Å². The Hall–Kier alpha value is -1.89. The molecule has 23 heavy (non-hydrogen) atoms. The molecule has 0 unspecified atom stereocenters. The molecule has 2 N–H and O–H groups in total. The largest absolute Gasteiger partial charge is 0.312 e. The second-order valence-electron chi connectivity index (χ2n) is 6.09. The van der Waals surface area contributed by atoms with E-state index in [0.29, 0.717) is 6.54 Å². The maximum atomic E-state index is 12.2. The molecule has 1 aromatic carbocycles. The fourth-order valence-electron chi connectivity index (χ4n) is 2.60. The summed E-state index contributed by atoms with van der Waals surface area (Å²) in [4.78, 5) is 37.5. The first kappa shape index (κ1) is 16.0. The second kappa shape index (κ2) is 6.31. The van der Waals surface area contributed by atoms with Gasteiger partial charge in [-0.05, 0) is 43.5 Å². The van der Waals surface area contributed by atoms with Gasteiger partial charge in [0, 0.05) is 29.0 Å². The molecule has 1 aliphatic heterocycles. The number of carbonyl (C=O) groups excluding carboxylic acids is 3. The topological polar surface area (TPSA) is 78.5 Å². The molecule has 2 aliphatic rings. The van der Waals surface area contributed by atoms with Gasteiger partial charge >= 0.3 is 0 Å². The predicted molar refractivity (Wildman–Crippen MR) is 88.3 cm³/mol. The van der Waals surface area contributed by atoms with Crippen molar-refractivity contribution >= 4 is 39.3 Å². The summed E-state index contributed by atoms with van der Waals surface area (Å²) in [5.74, 6) is -0.971. The van der Waals surface area contributed by atoms with E-state index in [4.69, 9.17) is 0 Å². The third-order valence-electron chi connectivity index (χ3n) is 4.21. The Labute approximate surface area is 142 Å². The van der Waals surface area contributed by atoms with Crippen LogP contribution in [0.2, 0.25) is 0 Å². The number of aryl methyl sites for hydroxylation is 1. The van der Waals surface area contributed by atoms with E-state index in [0.717, 1.165) is 28.6 Å². The minimum atomic E-state index is -0.453. The van der Waals surface area contributed by atoms with Crippen LogP contribution in [0.3, 0.4) is 0 Å². The Morgan fingerprint density at radius 3 is 2.43 bits per heavy atom. The lowest BCUT2D eigenvalue weighted by molar-refractivity contribution is -0.131. The molecule has 0 aromatic heterocycles. The summed E-state index contributed by atoms with van der Waals surface area (Å²) in [6, 6.07) is 5.66. The molecule has 0 bridgehead atoms. The van der Waals surface area contributed by atoms with Crippen molar-refractivity contribution in [3.63, 3.8) is 0 Å². The van der Waals surface area contributed by atoms with E-state index < -0.39 is 5.92 Å². The SMILES string of the molecule is Cc1cc(N2C[C@@H](C(=O)NNC(=O)C3CC3)CC2=O)ccc1Br. The molecule has 3 rings (SSSR count). The first-order chi connectivity index (χ1) is 11.0. The summed E-state index contributed by atoms with van der Waals surface area (Å²) in [6.07, 6.45) is 1.90. The minimum absolute atomic E-state index is 0.0303. The second-order valence-corrected chi connectivity index (χ2v) is 6.95. The predicted octanol–water partition coefficient (Wildman–Crippen LogP) is 1.67. The number of anilines is 1. The van der Waals surface area contributed by atoms with E-state index >= 15 is 0 Å². The highest BCUT2D eigenvalue weighted by Gasteiger charge is 2.36. The van der Waals surface area contributed by atoms with Gasteiger partial charge in [0.2, 0.25) is 17.7 Å². The average molecular weight is 380 g/mol. The molecule has 1 saturated carbocycles. The van der Waals surface area contributed by atoms with Gasteiger partial charge in [-0.3, -0.25) is 25.2 Å². The monoisotopic (exact) mass is 379 g/mol. The quantitative estimate of drug-likeness (QED) is 0.784. The lowest BCUT2D eigenvalue weighted by Gasteiger charge is -2.17. The van der Waals surface area contributed by atoms with Gasteiger partial charge in [-0.1, -0.05) is 15.9 Å². The molecule has 1 atom stereocenters. The summed E-state index contributed by atoms with van der Waals surface area (Å²) >= 11 is 3.43.